The number of fused-ring (bicyclic) bond motifs is 1. The van der Waals surface area contributed by atoms with Gasteiger partial charge in [0.1, 0.15) is 16.9 Å². The first kappa shape index (κ1) is 20.6. The van der Waals surface area contributed by atoms with Crippen molar-refractivity contribution >= 4 is 28.8 Å². The summed E-state index contributed by atoms with van der Waals surface area (Å²) in [7, 11) is 0. The van der Waals surface area contributed by atoms with Gasteiger partial charge in [-0.25, -0.2) is 4.79 Å². The zero-order valence-electron chi connectivity index (χ0n) is 17.3. The van der Waals surface area contributed by atoms with E-state index in [1.54, 1.807) is 13.8 Å². The molecule has 160 valence electrons. The van der Waals surface area contributed by atoms with Crippen LogP contribution in [0.25, 0.3) is 11.0 Å². The average molecular weight is 420 g/mol. The molecule has 31 heavy (non-hydrogen) atoms. The molecule has 1 aliphatic heterocycles. The van der Waals surface area contributed by atoms with Crippen LogP contribution in [0.4, 0.5) is 4.79 Å². The fraction of sp³-hybridized carbons (Fsp3) is 0.261. The number of imide groups is 1. The summed E-state index contributed by atoms with van der Waals surface area (Å²) in [6.45, 7) is 3.30. The van der Waals surface area contributed by atoms with Gasteiger partial charge in [-0.05, 0) is 31.0 Å². The summed E-state index contributed by atoms with van der Waals surface area (Å²) in [5.41, 5.74) is 3.05. The highest BCUT2D eigenvalue weighted by molar-refractivity contribution is 6.07. The molecule has 0 spiro atoms. The third-order valence-electron chi connectivity index (χ3n) is 5.53. The molecule has 1 aliphatic rings. The van der Waals surface area contributed by atoms with Crippen molar-refractivity contribution in [3.8, 4) is 0 Å². The zero-order chi connectivity index (χ0) is 22.0. The van der Waals surface area contributed by atoms with Gasteiger partial charge in [-0.1, -0.05) is 55.5 Å². The molecule has 2 atom stereocenters. The van der Waals surface area contributed by atoms with Crippen molar-refractivity contribution in [1.29, 1.82) is 0 Å². The summed E-state index contributed by atoms with van der Waals surface area (Å²) < 4.78 is 6.00. The lowest BCUT2D eigenvalue weighted by atomic mass is 10.00. The number of hydrogen-bond donors (Lipinski definition) is 3. The third kappa shape index (κ3) is 4.02. The molecule has 0 unspecified atom stereocenters. The van der Waals surface area contributed by atoms with Crippen molar-refractivity contribution in [1.82, 2.24) is 21.1 Å². The van der Waals surface area contributed by atoms with Crippen LogP contribution in [0.3, 0.4) is 0 Å². The largest absolute Gasteiger partial charge is 0.459 e. The minimum absolute atomic E-state index is 0.128. The smallest absolute Gasteiger partial charge is 0.344 e. The van der Waals surface area contributed by atoms with Crippen LogP contribution in [0.2, 0.25) is 0 Å². The predicted molar refractivity (Wildman–Crippen MR) is 115 cm³/mol. The SMILES string of the molecule is CC[C@]1(C)NC(=O)N(NC(=O)CN[C@@H](c2ccccc2)c2cc3ccccc3o2)C1=O. The molecule has 3 N–H and O–H groups in total. The van der Waals surface area contributed by atoms with Crippen LogP contribution in [-0.2, 0) is 9.59 Å². The molecule has 8 heteroatoms. The van der Waals surface area contributed by atoms with Crippen LogP contribution in [0, 0.1) is 0 Å². The number of hydrazine groups is 1. The highest BCUT2D eigenvalue weighted by Gasteiger charge is 2.47. The molecule has 0 bridgehead atoms. The van der Waals surface area contributed by atoms with Gasteiger partial charge in [0, 0.05) is 5.39 Å². The van der Waals surface area contributed by atoms with E-state index in [0.29, 0.717) is 12.2 Å². The number of rotatable bonds is 7. The Hall–Kier alpha value is -3.65. The monoisotopic (exact) mass is 420 g/mol. The lowest BCUT2D eigenvalue weighted by Gasteiger charge is -2.20. The first-order chi connectivity index (χ1) is 14.9. The Kier molecular flexibility index (Phi) is 5.48. The topological polar surface area (TPSA) is 104 Å². The maximum Gasteiger partial charge on any atom is 0.344 e. The molecule has 0 aliphatic carbocycles. The molecule has 0 saturated carbocycles. The number of amides is 4. The number of carbonyl (C=O) groups is 3. The van der Waals surface area contributed by atoms with E-state index < -0.39 is 23.4 Å². The van der Waals surface area contributed by atoms with E-state index >= 15 is 0 Å². The van der Waals surface area contributed by atoms with Gasteiger partial charge in [-0.2, -0.15) is 5.01 Å². The van der Waals surface area contributed by atoms with E-state index in [-0.39, 0.29) is 12.6 Å². The van der Waals surface area contributed by atoms with Crippen LogP contribution >= 0.6 is 0 Å². The fourth-order valence-electron chi connectivity index (χ4n) is 3.56. The Morgan fingerprint density at radius 3 is 2.52 bits per heavy atom. The van der Waals surface area contributed by atoms with E-state index in [1.807, 2.05) is 60.7 Å². The number of urea groups is 1. The van der Waals surface area contributed by atoms with Crippen molar-refractivity contribution in [2.45, 2.75) is 31.8 Å². The average Bonchev–Trinajstić information content (AvgIpc) is 3.29. The number of furan rings is 1. The van der Waals surface area contributed by atoms with Crippen molar-refractivity contribution in [2.24, 2.45) is 0 Å². The standard InChI is InChI=1S/C23H24N4O4/c1-3-23(2)21(29)27(22(30)25-23)26-19(28)14-24-20(15-9-5-4-6-10-15)18-13-16-11-7-8-12-17(16)31-18/h4-13,20,24H,3,14H2,1-2H3,(H,25,30)(H,26,28)/t20-,23-/m0/s1. The second kappa shape index (κ2) is 8.23. The normalized spacial score (nSPS) is 19.5. The second-order valence-corrected chi connectivity index (χ2v) is 7.70. The van der Waals surface area contributed by atoms with E-state index in [2.05, 4.69) is 16.1 Å². The number of carbonyl (C=O) groups excluding carboxylic acids is 3. The van der Waals surface area contributed by atoms with Crippen molar-refractivity contribution < 1.29 is 18.8 Å². The Bertz CT molecular complexity index is 1090. The molecular weight excluding hydrogens is 396 g/mol. The lowest BCUT2D eigenvalue weighted by molar-refractivity contribution is -0.138. The van der Waals surface area contributed by atoms with Gasteiger partial charge in [-0.15, -0.1) is 0 Å². The summed E-state index contributed by atoms with van der Waals surface area (Å²) in [6.07, 6.45) is 0.421. The Morgan fingerprint density at radius 2 is 1.84 bits per heavy atom. The summed E-state index contributed by atoms with van der Waals surface area (Å²) in [5.74, 6) is -0.333. The third-order valence-corrected chi connectivity index (χ3v) is 5.53. The van der Waals surface area contributed by atoms with Gasteiger partial charge in [0.2, 0.25) is 0 Å². The number of hydrogen-bond acceptors (Lipinski definition) is 5. The first-order valence-electron chi connectivity index (χ1n) is 10.1. The van der Waals surface area contributed by atoms with Gasteiger partial charge in [0.15, 0.2) is 0 Å². The van der Waals surface area contributed by atoms with Crippen molar-refractivity contribution in [3.05, 3.63) is 72.0 Å². The van der Waals surface area contributed by atoms with Gasteiger partial charge >= 0.3 is 6.03 Å². The molecule has 0 radical (unpaired) electrons. The van der Waals surface area contributed by atoms with E-state index in [4.69, 9.17) is 4.42 Å². The minimum atomic E-state index is -1.02. The summed E-state index contributed by atoms with van der Waals surface area (Å²) in [6, 6.07) is 18.2. The molecule has 1 aromatic heterocycles. The van der Waals surface area contributed by atoms with Crippen LogP contribution < -0.4 is 16.1 Å². The maximum atomic E-state index is 12.6. The van der Waals surface area contributed by atoms with E-state index in [0.717, 1.165) is 21.5 Å². The summed E-state index contributed by atoms with van der Waals surface area (Å²) in [4.78, 5) is 37.1. The second-order valence-electron chi connectivity index (χ2n) is 7.70. The molecule has 1 saturated heterocycles. The molecule has 2 heterocycles. The summed E-state index contributed by atoms with van der Waals surface area (Å²) in [5, 5.41) is 7.48. The zero-order valence-corrected chi connectivity index (χ0v) is 17.3. The molecule has 3 aromatic rings. The molecule has 4 rings (SSSR count). The fourth-order valence-corrected chi connectivity index (χ4v) is 3.56. The molecule has 4 amide bonds. The Labute approximate surface area is 179 Å². The maximum absolute atomic E-state index is 12.6. The number of nitrogens with one attached hydrogen (secondary N) is 3. The quantitative estimate of drug-likeness (QED) is 0.510. The highest BCUT2D eigenvalue weighted by Crippen LogP contribution is 2.28. The number of nitrogens with zero attached hydrogens (tertiary/aromatic N) is 1. The Morgan fingerprint density at radius 1 is 1.13 bits per heavy atom. The van der Waals surface area contributed by atoms with Gasteiger partial charge in [0.05, 0.1) is 12.6 Å². The van der Waals surface area contributed by atoms with Crippen molar-refractivity contribution in [3.63, 3.8) is 0 Å². The predicted octanol–water partition coefficient (Wildman–Crippen LogP) is 2.86. The number of para-hydroxylation sites is 1. The van der Waals surface area contributed by atoms with E-state index in [9.17, 15) is 14.4 Å². The van der Waals surface area contributed by atoms with Crippen LogP contribution in [0.15, 0.2) is 65.1 Å². The van der Waals surface area contributed by atoms with Gasteiger partial charge in [-0.3, -0.25) is 20.3 Å². The lowest BCUT2D eigenvalue weighted by Crippen LogP contribution is -2.50. The van der Waals surface area contributed by atoms with Gasteiger partial charge < -0.3 is 9.73 Å². The van der Waals surface area contributed by atoms with Crippen LogP contribution in [0.1, 0.15) is 37.6 Å². The molecule has 2 aromatic carbocycles. The first-order valence-corrected chi connectivity index (χ1v) is 10.1. The molecular formula is C23H24N4O4. The van der Waals surface area contributed by atoms with E-state index in [1.165, 1.54) is 0 Å². The minimum Gasteiger partial charge on any atom is -0.459 e. The van der Waals surface area contributed by atoms with Crippen LogP contribution in [-0.4, -0.2) is 34.9 Å². The molecule has 8 nitrogen and oxygen atoms in total. The summed E-state index contributed by atoms with van der Waals surface area (Å²) >= 11 is 0. The van der Waals surface area contributed by atoms with Crippen molar-refractivity contribution in [2.75, 3.05) is 6.54 Å². The highest BCUT2D eigenvalue weighted by atomic mass is 16.3. The van der Waals surface area contributed by atoms with Crippen LogP contribution in [0.5, 0.6) is 0 Å². The molecule has 1 fully saturated rings. The number of benzene rings is 2. The Balaban J connectivity index is 1.50. The van der Waals surface area contributed by atoms with Gasteiger partial charge in [0.25, 0.3) is 11.8 Å².